The van der Waals surface area contributed by atoms with Crippen molar-refractivity contribution in [1.29, 1.82) is 0 Å². The van der Waals surface area contributed by atoms with Gasteiger partial charge in [0.1, 0.15) is 5.69 Å². The second-order valence-electron chi connectivity index (χ2n) is 5.18. The van der Waals surface area contributed by atoms with Crippen molar-refractivity contribution in [2.75, 3.05) is 12.4 Å². The molecule has 1 fully saturated rings. The minimum Gasteiger partial charge on any atom is -0.465 e. The van der Waals surface area contributed by atoms with Gasteiger partial charge in [-0.15, -0.1) is 0 Å². The van der Waals surface area contributed by atoms with Crippen LogP contribution in [0.1, 0.15) is 36.0 Å². The van der Waals surface area contributed by atoms with Gasteiger partial charge in [0.25, 0.3) is 5.69 Å². The van der Waals surface area contributed by atoms with Crippen LogP contribution in [0, 0.1) is 10.1 Å². The third-order valence-corrected chi connectivity index (χ3v) is 3.77. The normalized spacial score (nSPS) is 21.6. The lowest BCUT2D eigenvalue weighted by Gasteiger charge is -2.30. The Morgan fingerprint density at radius 3 is 2.76 bits per heavy atom. The average Bonchev–Trinajstić information content (AvgIpc) is 2.48. The van der Waals surface area contributed by atoms with E-state index in [0.29, 0.717) is 5.69 Å². The van der Waals surface area contributed by atoms with Crippen LogP contribution in [0.3, 0.4) is 0 Å². The topological polar surface area (TPSA) is 107 Å². The maximum absolute atomic E-state index is 11.6. The van der Waals surface area contributed by atoms with E-state index in [9.17, 15) is 14.9 Å². The van der Waals surface area contributed by atoms with Gasteiger partial charge >= 0.3 is 5.97 Å². The molecule has 0 amide bonds. The average molecular weight is 293 g/mol. The van der Waals surface area contributed by atoms with E-state index in [1.807, 2.05) is 0 Å². The van der Waals surface area contributed by atoms with Gasteiger partial charge in [-0.3, -0.25) is 10.1 Å². The van der Waals surface area contributed by atoms with E-state index in [2.05, 4.69) is 10.1 Å². The van der Waals surface area contributed by atoms with Crippen LogP contribution < -0.4 is 11.1 Å². The van der Waals surface area contributed by atoms with E-state index in [0.717, 1.165) is 25.7 Å². The standard InChI is InChI=1S/C14H19N3O4/c1-21-14(18)9-6-7-13(17(19)20)12(8-9)16-11-5-3-2-4-10(11)15/h6-8,10-11,16H,2-5,15H2,1H3. The van der Waals surface area contributed by atoms with Crippen LogP contribution in [0.15, 0.2) is 18.2 Å². The number of nitrogens with zero attached hydrogens (tertiary/aromatic N) is 1. The number of methoxy groups -OCH3 is 1. The summed E-state index contributed by atoms with van der Waals surface area (Å²) in [4.78, 5) is 22.2. The molecule has 0 bridgehead atoms. The van der Waals surface area contributed by atoms with Crippen LogP contribution in [0.5, 0.6) is 0 Å². The van der Waals surface area contributed by atoms with E-state index < -0.39 is 10.9 Å². The minimum absolute atomic E-state index is 0.0228. The maximum atomic E-state index is 11.6. The number of hydrogen-bond donors (Lipinski definition) is 2. The Balaban J connectivity index is 2.29. The van der Waals surface area contributed by atoms with Crippen LogP contribution >= 0.6 is 0 Å². The summed E-state index contributed by atoms with van der Waals surface area (Å²) in [5.74, 6) is -0.527. The third kappa shape index (κ3) is 3.49. The molecule has 7 nitrogen and oxygen atoms in total. The minimum atomic E-state index is -0.527. The molecule has 0 aromatic heterocycles. The molecule has 0 aliphatic heterocycles. The van der Waals surface area contributed by atoms with Gasteiger partial charge in [0.05, 0.1) is 17.6 Å². The van der Waals surface area contributed by atoms with Gasteiger partial charge in [-0.25, -0.2) is 4.79 Å². The lowest BCUT2D eigenvalue weighted by atomic mass is 9.90. The number of carbonyl (C=O) groups excluding carboxylic acids is 1. The molecule has 1 saturated carbocycles. The summed E-state index contributed by atoms with van der Waals surface area (Å²) in [6, 6.07) is 4.08. The molecule has 21 heavy (non-hydrogen) atoms. The monoisotopic (exact) mass is 293 g/mol. The Morgan fingerprint density at radius 2 is 2.14 bits per heavy atom. The highest BCUT2D eigenvalue weighted by molar-refractivity contribution is 5.91. The highest BCUT2D eigenvalue weighted by Crippen LogP contribution is 2.29. The Labute approximate surface area is 122 Å². The van der Waals surface area contributed by atoms with Crippen LogP contribution in [-0.2, 0) is 4.74 Å². The summed E-state index contributed by atoms with van der Waals surface area (Å²) in [6.45, 7) is 0. The van der Waals surface area contributed by atoms with Gasteiger partial charge in [-0.2, -0.15) is 0 Å². The van der Waals surface area contributed by atoms with Gasteiger partial charge in [-0.05, 0) is 25.0 Å². The second-order valence-corrected chi connectivity index (χ2v) is 5.18. The number of rotatable bonds is 4. The molecule has 2 atom stereocenters. The SMILES string of the molecule is COC(=O)c1ccc([N+](=O)[O-])c(NC2CCCCC2N)c1. The van der Waals surface area contributed by atoms with Crippen molar-refractivity contribution in [3.63, 3.8) is 0 Å². The number of hydrogen-bond acceptors (Lipinski definition) is 6. The quantitative estimate of drug-likeness (QED) is 0.500. The lowest BCUT2D eigenvalue weighted by molar-refractivity contribution is -0.384. The van der Waals surface area contributed by atoms with E-state index >= 15 is 0 Å². The number of nitro benzene ring substituents is 1. The molecule has 7 heteroatoms. The first-order valence-electron chi connectivity index (χ1n) is 6.92. The number of benzene rings is 1. The van der Waals surface area contributed by atoms with Crippen molar-refractivity contribution in [2.45, 2.75) is 37.8 Å². The van der Waals surface area contributed by atoms with Gasteiger partial charge in [-0.1, -0.05) is 12.8 Å². The van der Waals surface area contributed by atoms with E-state index in [1.54, 1.807) is 0 Å². The number of nitro groups is 1. The van der Waals surface area contributed by atoms with E-state index in [1.165, 1.54) is 25.3 Å². The first-order chi connectivity index (χ1) is 10.0. The molecule has 2 rings (SSSR count). The molecule has 0 radical (unpaired) electrons. The zero-order valence-electron chi connectivity index (χ0n) is 11.9. The zero-order valence-corrected chi connectivity index (χ0v) is 11.9. The molecular weight excluding hydrogens is 274 g/mol. The van der Waals surface area contributed by atoms with Crippen molar-refractivity contribution in [2.24, 2.45) is 5.73 Å². The molecule has 1 aromatic carbocycles. The molecule has 3 N–H and O–H groups in total. The second kappa shape index (κ2) is 6.53. The molecule has 0 heterocycles. The fourth-order valence-electron chi connectivity index (χ4n) is 2.59. The van der Waals surface area contributed by atoms with Crippen LogP contribution in [-0.4, -0.2) is 30.1 Å². The van der Waals surface area contributed by atoms with Crippen molar-refractivity contribution < 1.29 is 14.5 Å². The molecule has 2 unspecified atom stereocenters. The Kier molecular flexibility index (Phi) is 4.74. The molecule has 1 aliphatic rings. The van der Waals surface area contributed by atoms with Crippen molar-refractivity contribution >= 4 is 17.3 Å². The third-order valence-electron chi connectivity index (χ3n) is 3.77. The largest absolute Gasteiger partial charge is 0.465 e. The number of anilines is 1. The number of carbonyl (C=O) groups is 1. The maximum Gasteiger partial charge on any atom is 0.337 e. The predicted octanol–water partition coefficient (Wildman–Crippen LogP) is 2.06. The van der Waals surface area contributed by atoms with Crippen LogP contribution in [0.2, 0.25) is 0 Å². The predicted molar refractivity (Wildman–Crippen MR) is 78.3 cm³/mol. The van der Waals surface area contributed by atoms with Crippen LogP contribution in [0.25, 0.3) is 0 Å². The summed E-state index contributed by atoms with van der Waals surface area (Å²) in [5, 5.41) is 14.2. The first kappa shape index (κ1) is 15.2. The van der Waals surface area contributed by atoms with Crippen LogP contribution in [0.4, 0.5) is 11.4 Å². The van der Waals surface area contributed by atoms with Gasteiger partial charge < -0.3 is 15.8 Å². The first-order valence-corrected chi connectivity index (χ1v) is 6.92. The Morgan fingerprint density at radius 1 is 1.43 bits per heavy atom. The Bertz CT molecular complexity index is 547. The smallest absolute Gasteiger partial charge is 0.337 e. The zero-order chi connectivity index (χ0) is 15.4. The molecular formula is C14H19N3O4. The van der Waals surface area contributed by atoms with E-state index in [4.69, 9.17) is 5.73 Å². The highest BCUT2D eigenvalue weighted by atomic mass is 16.6. The molecule has 0 saturated heterocycles. The number of nitrogens with two attached hydrogens (primary N) is 1. The molecule has 1 aliphatic carbocycles. The number of ether oxygens (including phenoxy) is 1. The fraction of sp³-hybridized carbons (Fsp3) is 0.500. The lowest BCUT2D eigenvalue weighted by Crippen LogP contribution is -2.42. The van der Waals surface area contributed by atoms with Crippen molar-refractivity contribution in [3.05, 3.63) is 33.9 Å². The fourth-order valence-corrected chi connectivity index (χ4v) is 2.59. The number of nitrogens with one attached hydrogen (secondary N) is 1. The summed E-state index contributed by atoms with van der Waals surface area (Å²) in [5.41, 5.74) is 6.57. The summed E-state index contributed by atoms with van der Waals surface area (Å²) in [7, 11) is 1.27. The summed E-state index contributed by atoms with van der Waals surface area (Å²) >= 11 is 0. The number of esters is 1. The van der Waals surface area contributed by atoms with Crippen molar-refractivity contribution in [3.8, 4) is 0 Å². The Hall–Kier alpha value is -2.15. The summed E-state index contributed by atoms with van der Waals surface area (Å²) in [6.07, 6.45) is 3.86. The van der Waals surface area contributed by atoms with Gasteiger partial charge in [0, 0.05) is 18.2 Å². The molecule has 1 aromatic rings. The molecule has 114 valence electrons. The van der Waals surface area contributed by atoms with Gasteiger partial charge in [0.2, 0.25) is 0 Å². The van der Waals surface area contributed by atoms with Crippen molar-refractivity contribution in [1.82, 2.24) is 0 Å². The van der Waals surface area contributed by atoms with Gasteiger partial charge in [0.15, 0.2) is 0 Å². The molecule has 0 spiro atoms. The highest BCUT2D eigenvalue weighted by Gasteiger charge is 2.25. The van der Waals surface area contributed by atoms with E-state index in [-0.39, 0.29) is 23.3 Å². The summed E-state index contributed by atoms with van der Waals surface area (Å²) < 4.78 is 4.64.